The van der Waals surface area contributed by atoms with Crippen molar-refractivity contribution < 1.29 is 18.3 Å². The van der Waals surface area contributed by atoms with Crippen LogP contribution in [0.25, 0.3) is 11.3 Å². The SMILES string of the molecule is Cc1cccc(C)c1-c1cc(CC[C@@H](CC(C)C)NC2CC3(CC3)C2)cc(NS(=O)(=O)c2cccc(C(=O)O)c2)n1. The Hall–Kier alpha value is -3.23. The van der Waals surface area contributed by atoms with E-state index in [1.807, 2.05) is 38.1 Å². The predicted octanol–water partition coefficient (Wildman–Crippen LogP) is 6.74. The maximum Gasteiger partial charge on any atom is 0.335 e. The highest BCUT2D eigenvalue weighted by atomic mass is 32.2. The molecule has 2 fully saturated rings. The summed E-state index contributed by atoms with van der Waals surface area (Å²) in [5, 5.41) is 13.3. The van der Waals surface area contributed by atoms with Gasteiger partial charge in [-0.1, -0.05) is 38.1 Å². The molecule has 1 spiro atoms. The van der Waals surface area contributed by atoms with Gasteiger partial charge in [-0.15, -0.1) is 0 Å². The van der Waals surface area contributed by atoms with Crippen molar-refractivity contribution in [2.75, 3.05) is 4.72 Å². The normalized spacial score (nSPS) is 16.9. The number of anilines is 1. The van der Waals surface area contributed by atoms with Gasteiger partial charge in [-0.05, 0) is 117 Å². The number of hydrogen-bond donors (Lipinski definition) is 3. The summed E-state index contributed by atoms with van der Waals surface area (Å²) >= 11 is 0. The van der Waals surface area contributed by atoms with E-state index in [4.69, 9.17) is 4.98 Å². The molecule has 2 aliphatic rings. The average molecular weight is 576 g/mol. The van der Waals surface area contributed by atoms with E-state index in [9.17, 15) is 18.3 Å². The van der Waals surface area contributed by atoms with E-state index in [1.54, 1.807) is 0 Å². The molecule has 3 N–H and O–H groups in total. The van der Waals surface area contributed by atoms with Crippen LogP contribution in [-0.2, 0) is 16.4 Å². The lowest BCUT2D eigenvalue weighted by molar-refractivity contribution is 0.0696. The first-order valence-electron chi connectivity index (χ1n) is 14.6. The van der Waals surface area contributed by atoms with Crippen LogP contribution < -0.4 is 10.0 Å². The van der Waals surface area contributed by atoms with Crippen LogP contribution in [0.4, 0.5) is 5.82 Å². The second-order valence-electron chi connectivity index (χ2n) is 12.6. The van der Waals surface area contributed by atoms with E-state index in [0.29, 0.717) is 23.4 Å². The van der Waals surface area contributed by atoms with Crippen LogP contribution in [0.15, 0.2) is 59.5 Å². The topological polar surface area (TPSA) is 108 Å². The number of rotatable bonds is 12. The van der Waals surface area contributed by atoms with Crippen molar-refractivity contribution in [1.82, 2.24) is 10.3 Å². The van der Waals surface area contributed by atoms with Crippen LogP contribution in [0.2, 0.25) is 0 Å². The van der Waals surface area contributed by atoms with E-state index in [0.717, 1.165) is 53.3 Å². The summed E-state index contributed by atoms with van der Waals surface area (Å²) in [6.07, 6.45) is 8.19. The lowest BCUT2D eigenvalue weighted by Gasteiger charge is -2.39. The van der Waals surface area contributed by atoms with Crippen LogP contribution in [0, 0.1) is 25.2 Å². The minimum absolute atomic E-state index is 0.0893. The Morgan fingerprint density at radius 3 is 2.37 bits per heavy atom. The fourth-order valence-corrected chi connectivity index (χ4v) is 7.36. The molecule has 2 aromatic carbocycles. The molecule has 2 saturated carbocycles. The number of benzene rings is 2. The van der Waals surface area contributed by atoms with Crippen molar-refractivity contribution in [2.24, 2.45) is 11.3 Å². The maximum atomic E-state index is 13.3. The summed E-state index contributed by atoms with van der Waals surface area (Å²) in [4.78, 5) is 16.1. The van der Waals surface area contributed by atoms with Crippen LogP contribution in [0.3, 0.4) is 0 Å². The molecule has 1 atom stereocenters. The second-order valence-corrected chi connectivity index (χ2v) is 14.3. The summed E-state index contributed by atoms with van der Waals surface area (Å²) in [6.45, 7) is 8.59. The van der Waals surface area contributed by atoms with Gasteiger partial charge in [0.15, 0.2) is 0 Å². The predicted molar refractivity (Wildman–Crippen MR) is 163 cm³/mol. The molecule has 0 unspecified atom stereocenters. The Balaban J connectivity index is 1.42. The number of carboxylic acid groups (broad SMARTS) is 1. The van der Waals surface area contributed by atoms with Gasteiger partial charge in [0.1, 0.15) is 5.82 Å². The Labute approximate surface area is 243 Å². The van der Waals surface area contributed by atoms with E-state index < -0.39 is 16.0 Å². The van der Waals surface area contributed by atoms with E-state index in [-0.39, 0.29) is 16.3 Å². The summed E-state index contributed by atoms with van der Waals surface area (Å²) in [7, 11) is -4.06. The number of nitrogens with one attached hydrogen (secondary N) is 2. The average Bonchev–Trinajstić information content (AvgIpc) is 3.67. The molecule has 0 amide bonds. The fourth-order valence-electron chi connectivity index (χ4n) is 6.32. The molecule has 5 rings (SSSR count). The largest absolute Gasteiger partial charge is 0.478 e. The molecule has 7 nitrogen and oxygen atoms in total. The van der Waals surface area contributed by atoms with Crippen LogP contribution >= 0.6 is 0 Å². The maximum absolute atomic E-state index is 13.3. The lowest BCUT2D eigenvalue weighted by Crippen LogP contribution is -2.47. The van der Waals surface area contributed by atoms with Gasteiger partial charge in [-0.3, -0.25) is 4.72 Å². The molecule has 41 heavy (non-hydrogen) atoms. The van der Waals surface area contributed by atoms with Crippen LogP contribution in [0.1, 0.15) is 79.4 Å². The number of carbonyl (C=O) groups is 1. The number of pyridine rings is 1. The van der Waals surface area contributed by atoms with Gasteiger partial charge >= 0.3 is 5.97 Å². The monoisotopic (exact) mass is 575 g/mol. The van der Waals surface area contributed by atoms with Crippen molar-refractivity contribution in [2.45, 2.75) is 89.6 Å². The molecule has 8 heteroatoms. The zero-order chi connectivity index (χ0) is 29.4. The number of aryl methyl sites for hydroxylation is 3. The zero-order valence-electron chi connectivity index (χ0n) is 24.4. The van der Waals surface area contributed by atoms with E-state index in [2.05, 4.69) is 30.0 Å². The molecular formula is C33H41N3O4S. The molecule has 0 aliphatic heterocycles. The highest BCUT2D eigenvalue weighted by Gasteiger charge is 2.52. The molecule has 1 heterocycles. The van der Waals surface area contributed by atoms with Crippen LogP contribution in [0.5, 0.6) is 0 Å². The quantitative estimate of drug-likeness (QED) is 0.221. The Kier molecular flexibility index (Phi) is 8.26. The standard InChI is InChI=1S/C33H41N3O4S/c1-21(2)15-26(34-27-19-33(20-27)13-14-33)12-11-24-16-29(31-22(3)7-5-8-23(31)4)35-30(17-24)36-41(39,40)28-10-6-9-25(18-28)32(37)38/h5-10,16-18,21,26-27,34H,11-15,19-20H2,1-4H3,(H,35,36)(H,37,38)/t26-/m0/s1. The molecule has 0 radical (unpaired) electrons. The minimum Gasteiger partial charge on any atom is -0.478 e. The number of carboxylic acids is 1. The summed E-state index contributed by atoms with van der Waals surface area (Å²) < 4.78 is 29.3. The van der Waals surface area contributed by atoms with Crippen molar-refractivity contribution in [3.63, 3.8) is 0 Å². The summed E-state index contributed by atoms with van der Waals surface area (Å²) in [5.74, 6) is -0.379. The van der Waals surface area contributed by atoms with Gasteiger partial charge in [0.25, 0.3) is 10.0 Å². The van der Waals surface area contributed by atoms with Crippen molar-refractivity contribution in [1.29, 1.82) is 0 Å². The number of nitrogens with zero attached hydrogens (tertiary/aromatic N) is 1. The molecule has 3 aromatic rings. The molecule has 0 saturated heterocycles. The van der Waals surface area contributed by atoms with Gasteiger partial charge in [-0.25, -0.2) is 18.2 Å². The molecule has 0 bridgehead atoms. The van der Waals surface area contributed by atoms with Crippen molar-refractivity contribution in [3.8, 4) is 11.3 Å². The first-order valence-corrected chi connectivity index (χ1v) is 16.1. The van der Waals surface area contributed by atoms with Gasteiger partial charge in [0, 0.05) is 17.6 Å². The third-order valence-corrected chi connectivity index (χ3v) is 9.93. The number of aromatic nitrogens is 1. The number of hydrogen-bond acceptors (Lipinski definition) is 5. The molecule has 2 aliphatic carbocycles. The number of sulfonamides is 1. The second kappa shape index (κ2) is 11.6. The Morgan fingerprint density at radius 2 is 1.73 bits per heavy atom. The fraction of sp³-hybridized carbons (Fsp3) is 0.455. The minimum atomic E-state index is -4.06. The third kappa shape index (κ3) is 6.99. The van der Waals surface area contributed by atoms with Crippen molar-refractivity contribution >= 4 is 21.8 Å². The van der Waals surface area contributed by atoms with Crippen molar-refractivity contribution in [3.05, 3.63) is 76.9 Å². The summed E-state index contributed by atoms with van der Waals surface area (Å²) in [6, 6.07) is 16.3. The van der Waals surface area contributed by atoms with Gasteiger partial charge in [-0.2, -0.15) is 0 Å². The zero-order valence-corrected chi connectivity index (χ0v) is 25.2. The highest BCUT2D eigenvalue weighted by Crippen LogP contribution is 2.60. The van der Waals surface area contributed by atoms with Crippen LogP contribution in [-0.4, -0.2) is 36.6 Å². The summed E-state index contributed by atoms with van der Waals surface area (Å²) in [5.41, 5.74) is 5.42. The Morgan fingerprint density at radius 1 is 1.05 bits per heavy atom. The first kappa shape index (κ1) is 29.3. The van der Waals surface area contributed by atoms with Gasteiger partial charge in [0.2, 0.25) is 0 Å². The highest BCUT2D eigenvalue weighted by molar-refractivity contribution is 7.92. The molecule has 218 valence electrons. The number of aromatic carboxylic acids is 1. The van der Waals surface area contributed by atoms with E-state index >= 15 is 0 Å². The third-order valence-electron chi connectivity index (χ3n) is 8.58. The van der Waals surface area contributed by atoms with Gasteiger partial charge < -0.3 is 10.4 Å². The van der Waals surface area contributed by atoms with Gasteiger partial charge in [0.05, 0.1) is 16.2 Å². The molecule has 1 aromatic heterocycles. The first-order chi connectivity index (χ1) is 19.4. The lowest BCUT2D eigenvalue weighted by atomic mass is 9.76. The van der Waals surface area contributed by atoms with E-state index in [1.165, 1.54) is 43.9 Å². The molecular weight excluding hydrogens is 534 g/mol. The smallest absolute Gasteiger partial charge is 0.335 e. The Bertz CT molecular complexity index is 1520.